The van der Waals surface area contributed by atoms with Crippen LogP contribution in [0.25, 0.3) is 11.1 Å². The summed E-state index contributed by atoms with van der Waals surface area (Å²) in [6.07, 6.45) is 4.82. The molecule has 1 N–H and O–H groups in total. The van der Waals surface area contributed by atoms with E-state index >= 15 is 0 Å². The molecule has 212 valence electrons. The number of carbonyl (C=O) groups excluding carboxylic acids is 1. The van der Waals surface area contributed by atoms with Crippen LogP contribution in [0, 0.1) is 6.92 Å². The first kappa shape index (κ1) is 26.8. The van der Waals surface area contributed by atoms with Crippen LogP contribution in [0.15, 0.2) is 80.8 Å². The van der Waals surface area contributed by atoms with Gasteiger partial charge in [-0.05, 0) is 90.8 Å². The van der Waals surface area contributed by atoms with E-state index < -0.39 is 11.4 Å². The van der Waals surface area contributed by atoms with Crippen molar-refractivity contribution in [1.29, 1.82) is 0 Å². The molecule has 2 aliphatic rings. The SMILES string of the molecule is Cc1cc(C(=O)N2CCCC2N2CCCC2)ccc1-c1cccc(COc2ccc(Cn3oc(=O)[nH]c3=O)cc2)c1. The number of carbonyl (C=O) groups is 1. The van der Waals surface area contributed by atoms with Crippen molar-refractivity contribution in [3.05, 3.63) is 110 Å². The largest absolute Gasteiger partial charge is 0.489 e. The Balaban J connectivity index is 1.10. The molecular formula is C32H34N4O5. The van der Waals surface area contributed by atoms with Crippen molar-refractivity contribution in [3.8, 4) is 16.9 Å². The highest BCUT2D eigenvalue weighted by atomic mass is 16.5. The van der Waals surface area contributed by atoms with Crippen LogP contribution in [0.3, 0.4) is 0 Å². The van der Waals surface area contributed by atoms with E-state index in [1.807, 2.05) is 48.5 Å². The molecule has 2 fully saturated rings. The first-order valence-electron chi connectivity index (χ1n) is 14.2. The van der Waals surface area contributed by atoms with E-state index in [1.54, 1.807) is 0 Å². The van der Waals surface area contributed by atoms with Gasteiger partial charge < -0.3 is 14.2 Å². The molecule has 0 aliphatic carbocycles. The number of aryl methyl sites for hydroxylation is 1. The minimum atomic E-state index is -0.773. The molecule has 1 amide bonds. The number of likely N-dealkylation sites (tertiary alicyclic amines) is 2. The zero-order chi connectivity index (χ0) is 28.3. The molecule has 6 rings (SSSR count). The summed E-state index contributed by atoms with van der Waals surface area (Å²) in [5.41, 5.74) is 5.24. The molecule has 0 spiro atoms. The number of H-pyrrole nitrogens is 1. The van der Waals surface area contributed by atoms with Gasteiger partial charge >= 0.3 is 11.4 Å². The zero-order valence-electron chi connectivity index (χ0n) is 23.2. The third-order valence-corrected chi connectivity index (χ3v) is 8.04. The van der Waals surface area contributed by atoms with E-state index in [2.05, 4.69) is 39.9 Å². The summed E-state index contributed by atoms with van der Waals surface area (Å²) >= 11 is 0. The lowest BCUT2D eigenvalue weighted by molar-refractivity contribution is 0.0531. The molecule has 41 heavy (non-hydrogen) atoms. The summed E-state index contributed by atoms with van der Waals surface area (Å²) in [4.78, 5) is 42.9. The van der Waals surface area contributed by atoms with Gasteiger partial charge in [0.1, 0.15) is 12.4 Å². The molecule has 2 aliphatic heterocycles. The summed E-state index contributed by atoms with van der Waals surface area (Å²) < 4.78 is 11.8. The van der Waals surface area contributed by atoms with E-state index in [4.69, 9.17) is 9.26 Å². The summed E-state index contributed by atoms with van der Waals surface area (Å²) in [5.74, 6) is 0.0482. The van der Waals surface area contributed by atoms with Crippen molar-refractivity contribution in [1.82, 2.24) is 19.5 Å². The van der Waals surface area contributed by atoms with E-state index in [1.165, 1.54) is 12.8 Å². The number of rotatable bonds is 8. The van der Waals surface area contributed by atoms with Gasteiger partial charge in [-0.3, -0.25) is 9.69 Å². The van der Waals surface area contributed by atoms with Crippen molar-refractivity contribution in [2.45, 2.75) is 51.9 Å². The summed E-state index contributed by atoms with van der Waals surface area (Å²) in [6, 6.07) is 21.6. The second kappa shape index (κ2) is 11.6. The number of hydrogen-bond acceptors (Lipinski definition) is 6. The van der Waals surface area contributed by atoms with Crippen molar-refractivity contribution < 1.29 is 14.1 Å². The minimum Gasteiger partial charge on any atom is -0.489 e. The second-order valence-corrected chi connectivity index (χ2v) is 10.9. The Morgan fingerprint density at radius 2 is 1.76 bits per heavy atom. The number of aromatic amines is 1. The van der Waals surface area contributed by atoms with Crippen LogP contribution in [0.5, 0.6) is 5.75 Å². The van der Waals surface area contributed by atoms with Crippen LogP contribution >= 0.6 is 0 Å². The lowest BCUT2D eigenvalue weighted by Crippen LogP contribution is -2.46. The van der Waals surface area contributed by atoms with Gasteiger partial charge in [0, 0.05) is 25.2 Å². The van der Waals surface area contributed by atoms with Crippen LogP contribution < -0.4 is 16.2 Å². The maximum absolute atomic E-state index is 13.5. The summed E-state index contributed by atoms with van der Waals surface area (Å²) in [6.45, 7) is 5.62. The molecule has 0 saturated carbocycles. The quantitative estimate of drug-likeness (QED) is 0.347. The number of nitrogens with one attached hydrogen (secondary N) is 1. The molecule has 0 bridgehead atoms. The number of nitrogens with zero attached hydrogens (tertiary/aromatic N) is 3. The van der Waals surface area contributed by atoms with Crippen molar-refractivity contribution >= 4 is 5.91 Å². The molecule has 1 aromatic heterocycles. The van der Waals surface area contributed by atoms with Gasteiger partial charge in [-0.25, -0.2) is 14.6 Å². The van der Waals surface area contributed by atoms with Crippen LogP contribution in [-0.2, 0) is 13.2 Å². The van der Waals surface area contributed by atoms with Crippen LogP contribution in [-0.4, -0.2) is 51.2 Å². The Hall–Kier alpha value is -4.37. The van der Waals surface area contributed by atoms with Gasteiger partial charge in [0.2, 0.25) is 0 Å². The molecule has 1 atom stereocenters. The maximum Gasteiger partial charge on any atom is 0.440 e. The average molecular weight is 555 g/mol. The molecule has 0 radical (unpaired) electrons. The van der Waals surface area contributed by atoms with Crippen molar-refractivity contribution in [2.24, 2.45) is 0 Å². The molecule has 4 aromatic rings. The zero-order valence-corrected chi connectivity index (χ0v) is 23.2. The Kier molecular flexibility index (Phi) is 7.61. The number of benzene rings is 3. The highest BCUT2D eigenvalue weighted by Crippen LogP contribution is 2.29. The van der Waals surface area contributed by atoms with Gasteiger partial charge in [0.25, 0.3) is 5.91 Å². The van der Waals surface area contributed by atoms with Gasteiger partial charge in [-0.15, -0.1) is 4.74 Å². The van der Waals surface area contributed by atoms with E-state index in [9.17, 15) is 14.4 Å². The number of amides is 1. The highest BCUT2D eigenvalue weighted by Gasteiger charge is 2.34. The van der Waals surface area contributed by atoms with Crippen LogP contribution in [0.1, 0.15) is 52.7 Å². The highest BCUT2D eigenvalue weighted by molar-refractivity contribution is 5.95. The molecule has 1 unspecified atom stereocenters. The first-order valence-corrected chi connectivity index (χ1v) is 14.2. The second-order valence-electron chi connectivity index (χ2n) is 10.9. The first-order chi connectivity index (χ1) is 19.9. The normalized spacial score (nSPS) is 17.3. The van der Waals surface area contributed by atoms with Crippen LogP contribution in [0.2, 0.25) is 0 Å². The third-order valence-electron chi connectivity index (χ3n) is 8.04. The third kappa shape index (κ3) is 5.90. The van der Waals surface area contributed by atoms with Crippen molar-refractivity contribution in [2.75, 3.05) is 19.6 Å². The average Bonchev–Trinajstić information content (AvgIpc) is 3.74. The van der Waals surface area contributed by atoms with Crippen LogP contribution in [0.4, 0.5) is 0 Å². The van der Waals surface area contributed by atoms with Crippen molar-refractivity contribution in [3.63, 3.8) is 0 Å². The van der Waals surface area contributed by atoms with E-state index in [0.29, 0.717) is 12.4 Å². The summed E-state index contributed by atoms with van der Waals surface area (Å²) in [5, 5.41) is 0. The molecule has 3 aromatic carbocycles. The van der Waals surface area contributed by atoms with Gasteiger partial charge in [0.15, 0.2) is 0 Å². The monoisotopic (exact) mass is 554 g/mol. The molecule has 9 nitrogen and oxygen atoms in total. The number of ether oxygens (including phenoxy) is 1. The Morgan fingerprint density at radius 3 is 2.49 bits per heavy atom. The fraction of sp³-hybridized carbons (Fsp3) is 0.344. The molecule has 9 heteroatoms. The fourth-order valence-corrected chi connectivity index (χ4v) is 5.96. The Labute approximate surface area is 237 Å². The van der Waals surface area contributed by atoms with E-state index in [0.717, 1.165) is 70.6 Å². The fourth-order valence-electron chi connectivity index (χ4n) is 5.96. The lowest BCUT2D eigenvalue weighted by Gasteiger charge is -2.32. The molecular weight excluding hydrogens is 520 g/mol. The predicted molar refractivity (Wildman–Crippen MR) is 155 cm³/mol. The summed E-state index contributed by atoms with van der Waals surface area (Å²) in [7, 11) is 0. The Bertz CT molecular complexity index is 1650. The van der Waals surface area contributed by atoms with Gasteiger partial charge in [0.05, 0.1) is 12.7 Å². The van der Waals surface area contributed by atoms with Gasteiger partial charge in [-0.2, -0.15) is 0 Å². The standard InChI is InChI=1S/C32H34N4O5/c1-22-18-26(30(37)35-17-5-8-29(35)34-15-2-3-16-34)11-14-28(22)25-7-4-6-24(19-25)21-40-27-12-9-23(10-13-27)20-36-31(38)33-32(39)41-36/h4,6-7,9-14,18-19,29H,2-3,5,8,15-17,20-21H2,1H3,(H,33,38,39). The topological polar surface area (TPSA) is 101 Å². The van der Waals surface area contributed by atoms with Gasteiger partial charge in [-0.1, -0.05) is 36.4 Å². The smallest absolute Gasteiger partial charge is 0.440 e. The molecule has 2 saturated heterocycles. The minimum absolute atomic E-state index is 0.131. The number of aromatic nitrogens is 2. The maximum atomic E-state index is 13.5. The lowest BCUT2D eigenvalue weighted by atomic mass is 9.97. The molecule has 3 heterocycles. The predicted octanol–water partition coefficient (Wildman–Crippen LogP) is 4.39. The number of hydrogen-bond donors (Lipinski definition) is 1. The van der Waals surface area contributed by atoms with E-state index in [-0.39, 0.29) is 18.6 Å². The Morgan fingerprint density at radius 1 is 0.951 bits per heavy atom.